The Hall–Kier alpha value is -2.53. The van der Waals surface area contributed by atoms with Crippen molar-refractivity contribution in [2.75, 3.05) is 39.8 Å². The molecule has 1 heterocycles. The zero-order valence-electron chi connectivity index (χ0n) is 18.7. The minimum atomic E-state index is 0.670. The standard InChI is InChI=1S/C26H36N4O/c1-27-26(29-18-24-9-5-6-10-25(24)31-20-22-11-12-22)28-17-23-14-16-30(19-23)15-13-21-7-3-2-4-8-21/h2-10,22-23H,11-20H2,1H3,(H2,27,28,29). The van der Waals surface area contributed by atoms with Gasteiger partial charge in [0.25, 0.3) is 0 Å². The minimum Gasteiger partial charge on any atom is -0.493 e. The lowest BCUT2D eigenvalue weighted by atomic mass is 10.1. The number of nitrogens with zero attached hydrogens (tertiary/aromatic N) is 2. The molecule has 2 N–H and O–H groups in total. The molecule has 2 aliphatic rings. The highest BCUT2D eigenvalue weighted by Crippen LogP contribution is 2.30. The Balaban J connectivity index is 1.17. The largest absolute Gasteiger partial charge is 0.493 e. The van der Waals surface area contributed by atoms with E-state index >= 15 is 0 Å². The van der Waals surface area contributed by atoms with Gasteiger partial charge >= 0.3 is 0 Å². The molecule has 2 fully saturated rings. The number of ether oxygens (including phenoxy) is 1. The van der Waals surface area contributed by atoms with Crippen molar-refractivity contribution < 1.29 is 4.74 Å². The summed E-state index contributed by atoms with van der Waals surface area (Å²) in [5.41, 5.74) is 2.61. The minimum absolute atomic E-state index is 0.670. The van der Waals surface area contributed by atoms with Crippen molar-refractivity contribution in [1.82, 2.24) is 15.5 Å². The lowest BCUT2D eigenvalue weighted by Crippen LogP contribution is -2.40. The maximum atomic E-state index is 6.03. The molecule has 2 aromatic carbocycles. The average Bonchev–Trinajstić information content (AvgIpc) is 3.54. The van der Waals surface area contributed by atoms with Crippen molar-refractivity contribution in [2.24, 2.45) is 16.8 Å². The maximum absolute atomic E-state index is 6.03. The van der Waals surface area contributed by atoms with E-state index in [1.807, 2.05) is 13.1 Å². The van der Waals surface area contributed by atoms with Gasteiger partial charge in [-0.2, -0.15) is 0 Å². The van der Waals surface area contributed by atoms with Crippen molar-refractivity contribution in [2.45, 2.75) is 32.2 Å². The molecule has 0 spiro atoms. The van der Waals surface area contributed by atoms with Crippen LogP contribution in [0.5, 0.6) is 5.75 Å². The summed E-state index contributed by atoms with van der Waals surface area (Å²) in [6, 6.07) is 19.1. The molecule has 5 heteroatoms. The lowest BCUT2D eigenvalue weighted by molar-refractivity contribution is 0.296. The first-order valence-electron chi connectivity index (χ1n) is 11.7. The fraction of sp³-hybridized carbons (Fsp3) is 0.500. The van der Waals surface area contributed by atoms with Crippen LogP contribution in [0.25, 0.3) is 0 Å². The molecule has 1 saturated carbocycles. The molecule has 5 nitrogen and oxygen atoms in total. The Morgan fingerprint density at radius 1 is 1.00 bits per heavy atom. The lowest BCUT2D eigenvalue weighted by Gasteiger charge is -2.18. The van der Waals surface area contributed by atoms with Gasteiger partial charge in [0.05, 0.1) is 6.61 Å². The second kappa shape index (κ2) is 11.2. The molecule has 31 heavy (non-hydrogen) atoms. The summed E-state index contributed by atoms with van der Waals surface area (Å²) in [4.78, 5) is 7.00. The first kappa shape index (κ1) is 21.7. The third-order valence-electron chi connectivity index (χ3n) is 6.30. The predicted octanol–water partition coefficient (Wildman–Crippen LogP) is 3.71. The van der Waals surface area contributed by atoms with Crippen LogP contribution < -0.4 is 15.4 Å². The maximum Gasteiger partial charge on any atom is 0.191 e. The quantitative estimate of drug-likeness (QED) is 0.455. The van der Waals surface area contributed by atoms with Gasteiger partial charge in [-0.3, -0.25) is 4.99 Å². The number of rotatable bonds is 10. The summed E-state index contributed by atoms with van der Waals surface area (Å²) in [6.07, 6.45) is 4.99. The molecule has 166 valence electrons. The van der Waals surface area contributed by atoms with E-state index in [9.17, 15) is 0 Å². The topological polar surface area (TPSA) is 48.9 Å². The number of hydrogen-bond donors (Lipinski definition) is 2. The number of aliphatic imine (C=N–C) groups is 1. The highest BCUT2D eigenvalue weighted by molar-refractivity contribution is 5.79. The van der Waals surface area contributed by atoms with Crippen LogP contribution in [-0.2, 0) is 13.0 Å². The molecule has 1 unspecified atom stereocenters. The average molecular weight is 421 g/mol. The normalized spacial score (nSPS) is 19.4. The number of para-hydroxylation sites is 1. The molecule has 1 atom stereocenters. The van der Waals surface area contributed by atoms with E-state index in [1.54, 1.807) is 0 Å². The molecule has 0 radical (unpaired) electrons. The van der Waals surface area contributed by atoms with Crippen molar-refractivity contribution in [1.29, 1.82) is 0 Å². The zero-order valence-corrected chi connectivity index (χ0v) is 18.7. The number of guanidine groups is 1. The van der Waals surface area contributed by atoms with Gasteiger partial charge in [0.1, 0.15) is 5.75 Å². The molecule has 1 saturated heterocycles. The molecule has 1 aliphatic carbocycles. The van der Waals surface area contributed by atoms with Gasteiger partial charge in [-0.05, 0) is 55.7 Å². The number of nitrogens with one attached hydrogen (secondary N) is 2. The van der Waals surface area contributed by atoms with E-state index in [-0.39, 0.29) is 0 Å². The van der Waals surface area contributed by atoms with Gasteiger partial charge in [-0.15, -0.1) is 0 Å². The van der Waals surface area contributed by atoms with Gasteiger partial charge in [-0.1, -0.05) is 48.5 Å². The fourth-order valence-electron chi connectivity index (χ4n) is 4.14. The van der Waals surface area contributed by atoms with E-state index in [0.717, 1.165) is 50.3 Å². The second-order valence-electron chi connectivity index (χ2n) is 8.86. The third kappa shape index (κ3) is 7.00. The van der Waals surface area contributed by atoms with Crippen LogP contribution in [0.15, 0.2) is 59.6 Å². The second-order valence-corrected chi connectivity index (χ2v) is 8.86. The van der Waals surface area contributed by atoms with Gasteiger partial charge < -0.3 is 20.3 Å². The Bertz CT molecular complexity index is 834. The number of likely N-dealkylation sites (tertiary alicyclic amines) is 1. The molecular weight excluding hydrogens is 384 g/mol. The Morgan fingerprint density at radius 3 is 2.61 bits per heavy atom. The number of benzene rings is 2. The predicted molar refractivity (Wildman–Crippen MR) is 128 cm³/mol. The highest BCUT2D eigenvalue weighted by atomic mass is 16.5. The van der Waals surface area contributed by atoms with Crippen LogP contribution in [0.1, 0.15) is 30.4 Å². The summed E-state index contributed by atoms with van der Waals surface area (Å²) >= 11 is 0. The molecule has 0 amide bonds. The molecule has 0 aromatic heterocycles. The van der Waals surface area contributed by atoms with E-state index < -0.39 is 0 Å². The Labute approximate surface area is 186 Å². The monoisotopic (exact) mass is 420 g/mol. The van der Waals surface area contributed by atoms with Crippen molar-refractivity contribution in [3.8, 4) is 5.75 Å². The van der Waals surface area contributed by atoms with Crippen LogP contribution in [0.2, 0.25) is 0 Å². The molecule has 4 rings (SSSR count). The molecule has 0 bridgehead atoms. The van der Waals surface area contributed by atoms with Gasteiger partial charge in [-0.25, -0.2) is 0 Å². The Morgan fingerprint density at radius 2 is 1.81 bits per heavy atom. The number of hydrogen-bond acceptors (Lipinski definition) is 3. The van der Waals surface area contributed by atoms with Crippen molar-refractivity contribution in [3.05, 3.63) is 65.7 Å². The van der Waals surface area contributed by atoms with E-state index in [2.05, 4.69) is 69.1 Å². The smallest absolute Gasteiger partial charge is 0.191 e. The third-order valence-corrected chi connectivity index (χ3v) is 6.30. The van der Waals surface area contributed by atoms with Crippen LogP contribution >= 0.6 is 0 Å². The summed E-state index contributed by atoms with van der Waals surface area (Å²) < 4.78 is 6.03. The van der Waals surface area contributed by atoms with Crippen molar-refractivity contribution in [3.63, 3.8) is 0 Å². The van der Waals surface area contributed by atoms with Gasteiger partial charge in [0.2, 0.25) is 0 Å². The van der Waals surface area contributed by atoms with Crippen LogP contribution in [0.3, 0.4) is 0 Å². The van der Waals surface area contributed by atoms with Crippen molar-refractivity contribution >= 4 is 5.96 Å². The van der Waals surface area contributed by atoms with Gasteiger partial charge in [0, 0.05) is 38.8 Å². The van der Waals surface area contributed by atoms with Crippen LogP contribution in [0, 0.1) is 11.8 Å². The summed E-state index contributed by atoms with van der Waals surface area (Å²) in [6.45, 7) is 6.01. The van der Waals surface area contributed by atoms with E-state index in [1.165, 1.54) is 36.9 Å². The summed E-state index contributed by atoms with van der Waals surface area (Å²) in [5.74, 6) is 3.28. The first-order valence-corrected chi connectivity index (χ1v) is 11.7. The molecule has 2 aromatic rings. The van der Waals surface area contributed by atoms with E-state index in [4.69, 9.17) is 4.74 Å². The summed E-state index contributed by atoms with van der Waals surface area (Å²) in [7, 11) is 1.84. The fourth-order valence-corrected chi connectivity index (χ4v) is 4.14. The highest BCUT2D eigenvalue weighted by Gasteiger charge is 2.23. The Kier molecular flexibility index (Phi) is 7.83. The summed E-state index contributed by atoms with van der Waals surface area (Å²) in [5, 5.41) is 6.98. The molecule has 1 aliphatic heterocycles. The van der Waals surface area contributed by atoms with Crippen LogP contribution in [0.4, 0.5) is 0 Å². The zero-order chi connectivity index (χ0) is 21.3. The first-order chi connectivity index (χ1) is 15.3. The van der Waals surface area contributed by atoms with E-state index in [0.29, 0.717) is 12.5 Å². The SMILES string of the molecule is CN=C(NCc1ccccc1OCC1CC1)NCC1CCN(CCc2ccccc2)C1. The van der Waals surface area contributed by atoms with Gasteiger partial charge in [0.15, 0.2) is 5.96 Å². The molecular formula is C26H36N4O. The van der Waals surface area contributed by atoms with Crippen LogP contribution in [-0.4, -0.2) is 50.7 Å².